The molecule has 0 radical (unpaired) electrons. The summed E-state index contributed by atoms with van der Waals surface area (Å²) in [6.45, 7) is 8.36. The lowest BCUT2D eigenvalue weighted by Gasteiger charge is -2.31. The summed E-state index contributed by atoms with van der Waals surface area (Å²) in [4.78, 5) is 9.37. The van der Waals surface area contributed by atoms with Gasteiger partial charge in [-0.05, 0) is 61.3 Å². The van der Waals surface area contributed by atoms with E-state index in [0.717, 1.165) is 31.9 Å². The van der Waals surface area contributed by atoms with Gasteiger partial charge in [0.1, 0.15) is 12.4 Å². The lowest BCUT2D eigenvalue weighted by Crippen LogP contribution is -2.41. The molecule has 4 heteroatoms. The Labute approximate surface area is 162 Å². The molecule has 2 aromatic rings. The summed E-state index contributed by atoms with van der Waals surface area (Å²) in [5.41, 5.74) is 3.87. The maximum absolute atomic E-state index is 5.98. The lowest BCUT2D eigenvalue weighted by molar-refractivity contribution is 0.176. The van der Waals surface area contributed by atoms with Crippen LogP contribution in [0.25, 0.3) is 6.08 Å². The fourth-order valence-electron chi connectivity index (χ4n) is 4.29. The number of fused-ring (bicyclic) bond motifs is 1. The van der Waals surface area contributed by atoms with Crippen LogP contribution < -0.4 is 4.74 Å². The van der Waals surface area contributed by atoms with Gasteiger partial charge >= 0.3 is 0 Å². The SMILES string of the molecule is CCN1CCC[C@@H]1CN(CC1=Cc2ccccc2OC1)Cc1ccncc1. The fourth-order valence-corrected chi connectivity index (χ4v) is 4.29. The average molecular weight is 364 g/mol. The van der Waals surface area contributed by atoms with Gasteiger partial charge in [-0.1, -0.05) is 25.1 Å². The first kappa shape index (κ1) is 18.2. The second-order valence-electron chi connectivity index (χ2n) is 7.58. The van der Waals surface area contributed by atoms with Gasteiger partial charge in [0.05, 0.1) is 0 Å². The molecule has 0 aliphatic carbocycles. The number of likely N-dealkylation sites (tertiary alicyclic amines) is 1. The Kier molecular flexibility index (Phi) is 5.85. The van der Waals surface area contributed by atoms with E-state index in [0.29, 0.717) is 12.6 Å². The topological polar surface area (TPSA) is 28.6 Å². The maximum Gasteiger partial charge on any atom is 0.127 e. The first-order chi connectivity index (χ1) is 13.3. The summed E-state index contributed by atoms with van der Waals surface area (Å²) < 4.78 is 5.98. The van der Waals surface area contributed by atoms with Crippen LogP contribution >= 0.6 is 0 Å². The molecule has 0 N–H and O–H groups in total. The monoisotopic (exact) mass is 363 g/mol. The van der Waals surface area contributed by atoms with Gasteiger partial charge < -0.3 is 4.74 Å². The van der Waals surface area contributed by atoms with Crippen LogP contribution in [0.15, 0.2) is 54.4 Å². The van der Waals surface area contributed by atoms with E-state index in [-0.39, 0.29) is 0 Å². The molecule has 142 valence electrons. The van der Waals surface area contributed by atoms with E-state index in [2.05, 4.69) is 58.1 Å². The highest BCUT2D eigenvalue weighted by molar-refractivity contribution is 5.62. The molecular weight excluding hydrogens is 334 g/mol. The Morgan fingerprint density at radius 3 is 2.85 bits per heavy atom. The van der Waals surface area contributed by atoms with Crippen molar-refractivity contribution < 1.29 is 4.74 Å². The molecule has 1 atom stereocenters. The summed E-state index contributed by atoms with van der Waals surface area (Å²) in [6, 6.07) is 13.2. The van der Waals surface area contributed by atoms with Gasteiger partial charge in [0, 0.05) is 43.6 Å². The Hall–Kier alpha value is -2.17. The number of para-hydroxylation sites is 1. The van der Waals surface area contributed by atoms with Crippen LogP contribution in [-0.4, -0.2) is 53.6 Å². The van der Waals surface area contributed by atoms with Crippen molar-refractivity contribution in [2.75, 3.05) is 32.8 Å². The molecule has 4 rings (SSSR count). The van der Waals surface area contributed by atoms with Crippen LogP contribution in [0.3, 0.4) is 0 Å². The predicted octanol–water partition coefficient (Wildman–Crippen LogP) is 3.84. The number of nitrogens with zero attached hydrogens (tertiary/aromatic N) is 3. The highest BCUT2D eigenvalue weighted by Crippen LogP contribution is 2.27. The van der Waals surface area contributed by atoms with Gasteiger partial charge in [0.2, 0.25) is 0 Å². The third-order valence-electron chi connectivity index (χ3n) is 5.65. The number of hydrogen-bond acceptors (Lipinski definition) is 4. The molecule has 1 aromatic heterocycles. The van der Waals surface area contributed by atoms with E-state index < -0.39 is 0 Å². The van der Waals surface area contributed by atoms with Gasteiger partial charge in [-0.3, -0.25) is 14.8 Å². The molecule has 0 saturated carbocycles. The van der Waals surface area contributed by atoms with Crippen molar-refractivity contribution >= 4 is 6.08 Å². The molecule has 2 aliphatic heterocycles. The minimum atomic E-state index is 0.661. The van der Waals surface area contributed by atoms with Gasteiger partial charge in [-0.25, -0.2) is 0 Å². The molecule has 0 bridgehead atoms. The summed E-state index contributed by atoms with van der Waals surface area (Å²) in [5, 5.41) is 0. The summed E-state index contributed by atoms with van der Waals surface area (Å²) in [5.74, 6) is 0.995. The minimum Gasteiger partial charge on any atom is -0.489 e. The molecule has 1 aromatic carbocycles. The van der Waals surface area contributed by atoms with Crippen LogP contribution in [0.1, 0.15) is 30.9 Å². The summed E-state index contributed by atoms with van der Waals surface area (Å²) in [6.07, 6.45) is 8.71. The third-order valence-corrected chi connectivity index (χ3v) is 5.65. The molecule has 0 amide bonds. The zero-order chi connectivity index (χ0) is 18.5. The van der Waals surface area contributed by atoms with Crippen molar-refractivity contribution in [3.63, 3.8) is 0 Å². The second kappa shape index (κ2) is 8.68. The van der Waals surface area contributed by atoms with E-state index in [4.69, 9.17) is 4.74 Å². The molecule has 27 heavy (non-hydrogen) atoms. The predicted molar refractivity (Wildman–Crippen MR) is 110 cm³/mol. The average Bonchev–Trinajstić information content (AvgIpc) is 3.16. The van der Waals surface area contributed by atoms with Crippen molar-refractivity contribution in [1.82, 2.24) is 14.8 Å². The van der Waals surface area contributed by atoms with Crippen LogP contribution in [0.2, 0.25) is 0 Å². The number of pyridine rings is 1. The largest absolute Gasteiger partial charge is 0.489 e. The Morgan fingerprint density at radius 2 is 2.00 bits per heavy atom. The van der Waals surface area contributed by atoms with Gasteiger partial charge in [-0.2, -0.15) is 0 Å². The first-order valence-corrected chi connectivity index (χ1v) is 10.1. The van der Waals surface area contributed by atoms with Crippen LogP contribution in [-0.2, 0) is 6.54 Å². The molecule has 1 fully saturated rings. The van der Waals surface area contributed by atoms with Gasteiger partial charge in [0.15, 0.2) is 0 Å². The molecule has 2 aliphatic rings. The van der Waals surface area contributed by atoms with Crippen molar-refractivity contribution in [3.8, 4) is 5.75 Å². The van der Waals surface area contributed by atoms with E-state index in [1.165, 1.54) is 36.1 Å². The number of rotatable bonds is 7. The molecule has 4 nitrogen and oxygen atoms in total. The number of likely N-dealkylation sites (N-methyl/N-ethyl adjacent to an activating group) is 1. The van der Waals surface area contributed by atoms with E-state index >= 15 is 0 Å². The first-order valence-electron chi connectivity index (χ1n) is 10.1. The summed E-state index contributed by atoms with van der Waals surface area (Å²) >= 11 is 0. The van der Waals surface area contributed by atoms with E-state index in [1.807, 2.05) is 18.5 Å². The van der Waals surface area contributed by atoms with Crippen molar-refractivity contribution in [3.05, 3.63) is 65.5 Å². The van der Waals surface area contributed by atoms with Crippen LogP contribution in [0.4, 0.5) is 0 Å². The number of benzene rings is 1. The minimum absolute atomic E-state index is 0.661. The van der Waals surface area contributed by atoms with Crippen LogP contribution in [0, 0.1) is 0 Å². The van der Waals surface area contributed by atoms with Crippen molar-refractivity contribution in [2.45, 2.75) is 32.4 Å². The lowest BCUT2D eigenvalue weighted by atomic mass is 10.1. The van der Waals surface area contributed by atoms with Gasteiger partial charge in [-0.15, -0.1) is 0 Å². The molecule has 0 unspecified atom stereocenters. The third kappa shape index (κ3) is 4.57. The standard InChI is InChI=1S/C23H29N3O/c1-2-26-13-5-7-22(26)17-25(15-19-9-11-24-12-10-19)16-20-14-21-6-3-4-8-23(21)27-18-20/h3-4,6,8-12,14,22H,2,5,7,13,15-18H2,1H3/t22-/m1/s1. The quantitative estimate of drug-likeness (QED) is 0.747. The maximum atomic E-state index is 5.98. The normalized spacial score (nSPS) is 19.6. The van der Waals surface area contributed by atoms with Crippen LogP contribution in [0.5, 0.6) is 5.75 Å². The molecule has 0 spiro atoms. The fraction of sp³-hybridized carbons (Fsp3) is 0.435. The Morgan fingerprint density at radius 1 is 1.15 bits per heavy atom. The van der Waals surface area contributed by atoms with E-state index in [9.17, 15) is 0 Å². The van der Waals surface area contributed by atoms with E-state index in [1.54, 1.807) is 0 Å². The molecule has 1 saturated heterocycles. The second-order valence-corrected chi connectivity index (χ2v) is 7.58. The number of aromatic nitrogens is 1. The Balaban J connectivity index is 1.50. The Bertz CT molecular complexity index is 774. The smallest absolute Gasteiger partial charge is 0.127 e. The zero-order valence-electron chi connectivity index (χ0n) is 16.2. The zero-order valence-corrected chi connectivity index (χ0v) is 16.2. The summed E-state index contributed by atoms with van der Waals surface area (Å²) in [7, 11) is 0. The highest BCUT2D eigenvalue weighted by Gasteiger charge is 2.26. The molecule has 3 heterocycles. The number of ether oxygens (including phenoxy) is 1. The van der Waals surface area contributed by atoms with Crippen molar-refractivity contribution in [2.24, 2.45) is 0 Å². The van der Waals surface area contributed by atoms with Crippen molar-refractivity contribution in [1.29, 1.82) is 0 Å². The van der Waals surface area contributed by atoms with Gasteiger partial charge in [0.25, 0.3) is 0 Å². The number of hydrogen-bond donors (Lipinski definition) is 0. The highest BCUT2D eigenvalue weighted by atomic mass is 16.5. The molecular formula is C23H29N3O.